The highest BCUT2D eigenvalue weighted by atomic mass is 16.5. The van der Waals surface area contributed by atoms with E-state index in [1.54, 1.807) is 12.1 Å². The average Bonchev–Trinajstić information content (AvgIpc) is 2.07. The summed E-state index contributed by atoms with van der Waals surface area (Å²) in [5, 5.41) is 9.43. The molecule has 3 heteroatoms. The van der Waals surface area contributed by atoms with Crippen LogP contribution in [0.5, 0.6) is 11.5 Å². The molecule has 0 spiro atoms. The molecule has 0 fully saturated rings. The second-order valence-corrected chi connectivity index (χ2v) is 3.41. The van der Waals surface area contributed by atoms with E-state index >= 15 is 0 Å². The van der Waals surface area contributed by atoms with Gasteiger partial charge in [0.15, 0.2) is 17.3 Å². The smallest absolute Gasteiger partial charge is 0.162 e. The van der Waals surface area contributed by atoms with E-state index in [2.05, 4.69) is 0 Å². The van der Waals surface area contributed by atoms with E-state index in [9.17, 15) is 9.90 Å². The Hall–Kier alpha value is -1.51. The van der Waals surface area contributed by atoms with Crippen molar-refractivity contribution in [3.63, 3.8) is 0 Å². The maximum atomic E-state index is 11.1. The van der Waals surface area contributed by atoms with Gasteiger partial charge >= 0.3 is 0 Å². The number of ether oxygens (including phenoxy) is 1. The van der Waals surface area contributed by atoms with Gasteiger partial charge < -0.3 is 9.84 Å². The Morgan fingerprint density at radius 1 is 1.43 bits per heavy atom. The van der Waals surface area contributed by atoms with Crippen LogP contribution in [0.4, 0.5) is 0 Å². The molecule has 0 aliphatic carbocycles. The highest BCUT2D eigenvalue weighted by Crippen LogP contribution is 2.27. The first-order chi connectivity index (χ1) is 6.50. The number of hydrogen-bond acceptors (Lipinski definition) is 3. The van der Waals surface area contributed by atoms with E-state index in [4.69, 9.17) is 4.74 Å². The molecule has 0 aromatic heterocycles. The minimum absolute atomic E-state index is 0.0249. The third-order valence-electron chi connectivity index (χ3n) is 1.73. The van der Waals surface area contributed by atoms with Gasteiger partial charge in [0.2, 0.25) is 0 Å². The highest BCUT2D eigenvalue weighted by molar-refractivity contribution is 5.94. The molecule has 0 aliphatic heterocycles. The number of hydrogen-bond donors (Lipinski definition) is 1. The molecular formula is C11H14O3. The summed E-state index contributed by atoms with van der Waals surface area (Å²) in [5.41, 5.74) is 0.540. The molecule has 76 valence electrons. The van der Waals surface area contributed by atoms with Crippen LogP contribution < -0.4 is 4.74 Å². The van der Waals surface area contributed by atoms with E-state index in [1.165, 1.54) is 13.0 Å². The Labute approximate surface area is 83.3 Å². The number of carbonyl (C=O) groups excluding carboxylic acids is 1. The summed E-state index contributed by atoms with van der Waals surface area (Å²) >= 11 is 0. The molecule has 0 bridgehead atoms. The maximum absolute atomic E-state index is 11.1. The van der Waals surface area contributed by atoms with E-state index in [-0.39, 0.29) is 17.6 Å². The lowest BCUT2D eigenvalue weighted by Crippen LogP contribution is -2.06. The van der Waals surface area contributed by atoms with Gasteiger partial charge in [0, 0.05) is 5.56 Å². The third-order valence-corrected chi connectivity index (χ3v) is 1.73. The molecule has 0 unspecified atom stereocenters. The number of ketones is 1. The van der Waals surface area contributed by atoms with Crippen molar-refractivity contribution in [3.8, 4) is 11.5 Å². The van der Waals surface area contributed by atoms with Crippen LogP contribution in [0.15, 0.2) is 18.2 Å². The second kappa shape index (κ2) is 4.13. The summed E-state index contributed by atoms with van der Waals surface area (Å²) < 4.78 is 5.33. The number of benzene rings is 1. The summed E-state index contributed by atoms with van der Waals surface area (Å²) in [4.78, 5) is 11.1. The predicted octanol–water partition coefficient (Wildman–Crippen LogP) is 2.38. The molecule has 1 aromatic carbocycles. The van der Waals surface area contributed by atoms with Crippen LogP contribution >= 0.6 is 0 Å². The van der Waals surface area contributed by atoms with Crippen molar-refractivity contribution in [1.29, 1.82) is 0 Å². The topological polar surface area (TPSA) is 46.5 Å². The molecule has 0 saturated carbocycles. The molecule has 0 saturated heterocycles. The predicted molar refractivity (Wildman–Crippen MR) is 53.9 cm³/mol. The van der Waals surface area contributed by atoms with Gasteiger partial charge in [-0.1, -0.05) is 0 Å². The molecule has 1 aromatic rings. The van der Waals surface area contributed by atoms with Gasteiger partial charge in [-0.15, -0.1) is 0 Å². The SMILES string of the molecule is CC(=O)c1ccc(O)c(OC(C)C)c1. The monoisotopic (exact) mass is 194 g/mol. The quantitative estimate of drug-likeness (QED) is 0.751. The number of phenolic OH excluding ortho intramolecular Hbond substituents is 1. The van der Waals surface area contributed by atoms with Gasteiger partial charge in [-0.2, -0.15) is 0 Å². The molecule has 0 atom stereocenters. The van der Waals surface area contributed by atoms with Crippen LogP contribution in [0.25, 0.3) is 0 Å². The van der Waals surface area contributed by atoms with E-state index < -0.39 is 0 Å². The Bertz CT molecular complexity index is 342. The fraction of sp³-hybridized carbons (Fsp3) is 0.364. The van der Waals surface area contributed by atoms with Crippen molar-refractivity contribution in [1.82, 2.24) is 0 Å². The molecule has 0 aliphatic rings. The first-order valence-electron chi connectivity index (χ1n) is 4.51. The lowest BCUT2D eigenvalue weighted by Gasteiger charge is -2.11. The van der Waals surface area contributed by atoms with E-state index in [0.29, 0.717) is 11.3 Å². The molecule has 1 rings (SSSR count). The second-order valence-electron chi connectivity index (χ2n) is 3.41. The van der Waals surface area contributed by atoms with Gasteiger partial charge in [-0.05, 0) is 39.0 Å². The molecule has 1 N–H and O–H groups in total. The minimum Gasteiger partial charge on any atom is -0.504 e. The molecule has 14 heavy (non-hydrogen) atoms. The number of carbonyl (C=O) groups is 1. The summed E-state index contributed by atoms with van der Waals surface area (Å²) in [7, 11) is 0. The molecule has 3 nitrogen and oxygen atoms in total. The molecule has 0 amide bonds. The van der Waals surface area contributed by atoms with Crippen molar-refractivity contribution in [2.75, 3.05) is 0 Å². The molecular weight excluding hydrogens is 180 g/mol. The first kappa shape index (κ1) is 10.6. The van der Waals surface area contributed by atoms with Crippen molar-refractivity contribution < 1.29 is 14.6 Å². The number of rotatable bonds is 3. The van der Waals surface area contributed by atoms with Gasteiger partial charge in [0.05, 0.1) is 6.10 Å². The zero-order valence-electron chi connectivity index (χ0n) is 8.57. The van der Waals surface area contributed by atoms with Crippen LogP contribution in [-0.4, -0.2) is 17.0 Å². The Kier molecular flexibility index (Phi) is 3.12. The van der Waals surface area contributed by atoms with Crippen molar-refractivity contribution >= 4 is 5.78 Å². The summed E-state index contributed by atoms with van der Waals surface area (Å²) in [5.74, 6) is 0.370. The summed E-state index contributed by atoms with van der Waals surface area (Å²) in [6.07, 6.45) is -0.0249. The van der Waals surface area contributed by atoms with Gasteiger partial charge in [-0.3, -0.25) is 4.79 Å². The summed E-state index contributed by atoms with van der Waals surface area (Å²) in [6.45, 7) is 5.20. The lowest BCUT2D eigenvalue weighted by molar-refractivity contribution is 0.101. The average molecular weight is 194 g/mol. The Balaban J connectivity index is 3.02. The minimum atomic E-state index is -0.0430. The lowest BCUT2D eigenvalue weighted by atomic mass is 10.1. The normalized spacial score (nSPS) is 10.3. The van der Waals surface area contributed by atoms with Gasteiger partial charge in [-0.25, -0.2) is 0 Å². The van der Waals surface area contributed by atoms with E-state index in [1.807, 2.05) is 13.8 Å². The largest absolute Gasteiger partial charge is 0.504 e. The maximum Gasteiger partial charge on any atom is 0.162 e. The highest BCUT2D eigenvalue weighted by Gasteiger charge is 2.07. The zero-order valence-corrected chi connectivity index (χ0v) is 8.57. The standard InChI is InChI=1S/C11H14O3/c1-7(2)14-11-6-9(8(3)12)4-5-10(11)13/h4-7,13H,1-3H3. The van der Waals surface area contributed by atoms with Crippen LogP contribution in [0, 0.1) is 0 Å². The van der Waals surface area contributed by atoms with Crippen LogP contribution in [-0.2, 0) is 0 Å². The van der Waals surface area contributed by atoms with Crippen molar-refractivity contribution in [2.24, 2.45) is 0 Å². The number of phenols is 1. The summed E-state index contributed by atoms with van der Waals surface area (Å²) in [6, 6.07) is 4.59. The van der Waals surface area contributed by atoms with Crippen LogP contribution in [0.3, 0.4) is 0 Å². The third kappa shape index (κ3) is 2.49. The Morgan fingerprint density at radius 2 is 2.07 bits per heavy atom. The fourth-order valence-corrected chi connectivity index (χ4v) is 1.08. The number of aromatic hydroxyl groups is 1. The van der Waals surface area contributed by atoms with Crippen molar-refractivity contribution in [3.05, 3.63) is 23.8 Å². The molecule has 0 heterocycles. The van der Waals surface area contributed by atoms with Gasteiger partial charge in [0.1, 0.15) is 0 Å². The Morgan fingerprint density at radius 3 is 2.57 bits per heavy atom. The van der Waals surface area contributed by atoms with Crippen LogP contribution in [0.2, 0.25) is 0 Å². The van der Waals surface area contributed by atoms with Crippen molar-refractivity contribution in [2.45, 2.75) is 26.9 Å². The van der Waals surface area contributed by atoms with E-state index in [0.717, 1.165) is 0 Å². The molecule has 0 radical (unpaired) electrons. The fourth-order valence-electron chi connectivity index (χ4n) is 1.08. The van der Waals surface area contributed by atoms with Gasteiger partial charge in [0.25, 0.3) is 0 Å². The number of Topliss-reactive ketones (excluding diaryl/α,β-unsaturated/α-hetero) is 1. The first-order valence-corrected chi connectivity index (χ1v) is 4.51. The van der Waals surface area contributed by atoms with Crippen LogP contribution in [0.1, 0.15) is 31.1 Å². The zero-order chi connectivity index (χ0) is 10.7.